The van der Waals surface area contributed by atoms with Crippen molar-refractivity contribution in [3.8, 4) is 0 Å². The van der Waals surface area contributed by atoms with Crippen molar-refractivity contribution >= 4 is 33.6 Å². The fraction of sp³-hybridized carbons (Fsp3) is 0.556. The van der Waals surface area contributed by atoms with Gasteiger partial charge in [0.25, 0.3) is 0 Å². The molecular formula is C18H24BrN3O2. The van der Waals surface area contributed by atoms with Crippen LogP contribution in [0.1, 0.15) is 32.6 Å². The fourth-order valence-corrected chi connectivity index (χ4v) is 3.84. The third-order valence-corrected chi connectivity index (χ3v) is 5.70. The molecule has 2 fully saturated rings. The molecule has 0 bridgehead atoms. The number of anilines is 1. The van der Waals surface area contributed by atoms with Crippen LogP contribution in [0.3, 0.4) is 0 Å². The largest absolute Gasteiger partial charge is 0.341 e. The van der Waals surface area contributed by atoms with Crippen molar-refractivity contribution in [3.05, 3.63) is 28.7 Å². The predicted octanol–water partition coefficient (Wildman–Crippen LogP) is 3.70. The average molecular weight is 394 g/mol. The fourth-order valence-electron chi connectivity index (χ4n) is 3.46. The van der Waals surface area contributed by atoms with Gasteiger partial charge in [0.15, 0.2) is 0 Å². The Hall–Kier alpha value is -1.56. The Labute approximate surface area is 151 Å². The molecule has 0 aromatic heterocycles. The molecule has 0 saturated carbocycles. The maximum absolute atomic E-state index is 12.8. The molecule has 1 aromatic rings. The normalized spacial score (nSPS) is 21.8. The molecule has 0 unspecified atom stereocenters. The van der Waals surface area contributed by atoms with E-state index in [4.69, 9.17) is 0 Å². The van der Waals surface area contributed by atoms with E-state index in [0.29, 0.717) is 12.5 Å². The van der Waals surface area contributed by atoms with Crippen LogP contribution in [0, 0.1) is 5.92 Å². The number of nitrogens with zero attached hydrogens (tertiary/aromatic N) is 2. The second-order valence-electron chi connectivity index (χ2n) is 6.77. The van der Waals surface area contributed by atoms with Gasteiger partial charge in [-0.25, -0.2) is 4.79 Å². The second kappa shape index (κ2) is 7.55. The van der Waals surface area contributed by atoms with Crippen LogP contribution in [0.2, 0.25) is 0 Å². The summed E-state index contributed by atoms with van der Waals surface area (Å²) in [5.41, 5.74) is 0.729. The van der Waals surface area contributed by atoms with E-state index in [2.05, 4.69) is 28.2 Å². The number of hydrogen-bond acceptors (Lipinski definition) is 2. The Bertz CT molecular complexity index is 614. The lowest BCUT2D eigenvalue weighted by atomic mass is 9.98. The van der Waals surface area contributed by atoms with Gasteiger partial charge in [-0.3, -0.25) is 4.79 Å². The van der Waals surface area contributed by atoms with Crippen LogP contribution in [-0.2, 0) is 4.79 Å². The van der Waals surface area contributed by atoms with E-state index in [-0.39, 0.29) is 18.0 Å². The maximum Gasteiger partial charge on any atom is 0.322 e. The third-order valence-electron chi connectivity index (χ3n) is 5.01. The van der Waals surface area contributed by atoms with Crippen molar-refractivity contribution in [2.75, 3.05) is 25.0 Å². The minimum atomic E-state index is -0.319. The first kappa shape index (κ1) is 17.3. The van der Waals surface area contributed by atoms with Crippen LogP contribution in [-0.4, -0.2) is 47.4 Å². The molecule has 2 saturated heterocycles. The van der Waals surface area contributed by atoms with Crippen molar-refractivity contribution in [1.82, 2.24) is 9.80 Å². The number of hydrogen-bond donors (Lipinski definition) is 1. The van der Waals surface area contributed by atoms with Crippen LogP contribution in [0.15, 0.2) is 28.7 Å². The van der Waals surface area contributed by atoms with Gasteiger partial charge >= 0.3 is 6.03 Å². The first-order chi connectivity index (χ1) is 11.6. The van der Waals surface area contributed by atoms with E-state index in [1.165, 1.54) is 0 Å². The van der Waals surface area contributed by atoms with Crippen molar-refractivity contribution in [2.45, 2.75) is 38.6 Å². The molecule has 24 heavy (non-hydrogen) atoms. The number of benzene rings is 1. The highest BCUT2D eigenvalue weighted by Crippen LogP contribution is 2.26. The lowest BCUT2D eigenvalue weighted by Crippen LogP contribution is -2.50. The minimum Gasteiger partial charge on any atom is -0.341 e. The Morgan fingerprint density at radius 3 is 2.54 bits per heavy atom. The number of halogens is 1. The standard InChI is InChI=1S/C18H24BrN3O2/c1-13-8-11-21(12-9-13)17(23)16-7-4-10-22(16)18(24)20-15-6-3-2-5-14(15)19/h2-3,5-6,13,16H,4,7-12H2,1H3,(H,20,24)/t16-/m1/s1. The van der Waals surface area contributed by atoms with Gasteiger partial charge in [-0.1, -0.05) is 19.1 Å². The molecule has 0 aliphatic carbocycles. The van der Waals surface area contributed by atoms with Gasteiger partial charge in [-0.05, 0) is 59.7 Å². The molecule has 1 aromatic carbocycles. The van der Waals surface area contributed by atoms with Crippen LogP contribution in [0.5, 0.6) is 0 Å². The SMILES string of the molecule is CC1CCN(C(=O)[C@H]2CCCN2C(=O)Nc2ccccc2Br)CC1. The first-order valence-electron chi connectivity index (χ1n) is 8.67. The Balaban J connectivity index is 1.65. The maximum atomic E-state index is 12.8. The summed E-state index contributed by atoms with van der Waals surface area (Å²) >= 11 is 3.44. The van der Waals surface area contributed by atoms with E-state index in [1.54, 1.807) is 4.90 Å². The van der Waals surface area contributed by atoms with E-state index >= 15 is 0 Å². The molecule has 130 valence electrons. The average Bonchev–Trinajstić information content (AvgIpc) is 3.07. The first-order valence-corrected chi connectivity index (χ1v) is 9.46. The zero-order valence-electron chi connectivity index (χ0n) is 14.0. The molecule has 5 nitrogen and oxygen atoms in total. The summed E-state index contributed by atoms with van der Waals surface area (Å²) in [5.74, 6) is 0.800. The topological polar surface area (TPSA) is 52.7 Å². The van der Waals surface area contributed by atoms with Gasteiger partial charge in [0.2, 0.25) is 5.91 Å². The highest BCUT2D eigenvalue weighted by atomic mass is 79.9. The van der Waals surface area contributed by atoms with Crippen LogP contribution >= 0.6 is 15.9 Å². The number of urea groups is 1. The van der Waals surface area contributed by atoms with Gasteiger partial charge < -0.3 is 15.1 Å². The molecule has 1 N–H and O–H groups in total. The van der Waals surface area contributed by atoms with Crippen molar-refractivity contribution in [3.63, 3.8) is 0 Å². The number of piperidine rings is 1. The van der Waals surface area contributed by atoms with Crippen LogP contribution in [0.4, 0.5) is 10.5 Å². The summed E-state index contributed by atoms with van der Waals surface area (Å²) in [4.78, 5) is 29.1. The molecule has 6 heteroatoms. The smallest absolute Gasteiger partial charge is 0.322 e. The monoisotopic (exact) mass is 393 g/mol. The number of nitrogens with one attached hydrogen (secondary N) is 1. The Morgan fingerprint density at radius 1 is 1.12 bits per heavy atom. The minimum absolute atomic E-state index is 0.113. The van der Waals surface area contributed by atoms with E-state index < -0.39 is 0 Å². The molecular weight excluding hydrogens is 370 g/mol. The summed E-state index contributed by atoms with van der Waals surface area (Å²) in [5, 5.41) is 2.92. The summed E-state index contributed by atoms with van der Waals surface area (Å²) in [7, 11) is 0. The molecule has 0 spiro atoms. The lowest BCUT2D eigenvalue weighted by molar-refractivity contribution is -0.136. The van der Waals surface area contributed by atoms with Gasteiger partial charge in [0.1, 0.15) is 6.04 Å². The van der Waals surface area contributed by atoms with Crippen molar-refractivity contribution in [2.24, 2.45) is 5.92 Å². The number of rotatable bonds is 2. The molecule has 3 rings (SSSR count). The van der Waals surface area contributed by atoms with Crippen LogP contribution in [0.25, 0.3) is 0 Å². The highest BCUT2D eigenvalue weighted by molar-refractivity contribution is 9.10. The summed E-state index contributed by atoms with van der Waals surface area (Å²) in [6, 6.07) is 7.00. The Kier molecular flexibility index (Phi) is 5.43. The lowest BCUT2D eigenvalue weighted by Gasteiger charge is -2.34. The summed E-state index contributed by atoms with van der Waals surface area (Å²) in [6.45, 7) is 4.50. The van der Waals surface area contributed by atoms with Crippen molar-refractivity contribution in [1.29, 1.82) is 0 Å². The zero-order valence-corrected chi connectivity index (χ0v) is 15.6. The van der Waals surface area contributed by atoms with Crippen LogP contribution < -0.4 is 5.32 Å². The molecule has 1 atom stereocenters. The summed E-state index contributed by atoms with van der Waals surface area (Å²) in [6.07, 6.45) is 3.75. The molecule has 2 aliphatic heterocycles. The number of likely N-dealkylation sites (tertiary alicyclic amines) is 2. The third kappa shape index (κ3) is 3.74. The number of carbonyl (C=O) groups excluding carboxylic acids is 2. The Morgan fingerprint density at radius 2 is 1.83 bits per heavy atom. The van der Waals surface area contributed by atoms with Gasteiger partial charge in [0.05, 0.1) is 5.69 Å². The number of amides is 3. The zero-order chi connectivity index (χ0) is 17.1. The molecule has 2 heterocycles. The quantitative estimate of drug-likeness (QED) is 0.832. The highest BCUT2D eigenvalue weighted by Gasteiger charge is 2.37. The predicted molar refractivity (Wildman–Crippen MR) is 97.9 cm³/mol. The van der Waals surface area contributed by atoms with Gasteiger partial charge in [-0.2, -0.15) is 0 Å². The number of para-hydroxylation sites is 1. The molecule has 2 aliphatic rings. The van der Waals surface area contributed by atoms with E-state index in [1.807, 2.05) is 29.2 Å². The van der Waals surface area contributed by atoms with E-state index in [0.717, 1.165) is 48.9 Å². The molecule has 0 radical (unpaired) electrons. The van der Waals surface area contributed by atoms with Crippen molar-refractivity contribution < 1.29 is 9.59 Å². The van der Waals surface area contributed by atoms with Gasteiger partial charge in [0, 0.05) is 24.1 Å². The molecule has 3 amide bonds. The second-order valence-corrected chi connectivity index (χ2v) is 7.62. The summed E-state index contributed by atoms with van der Waals surface area (Å²) < 4.78 is 0.838. The van der Waals surface area contributed by atoms with Gasteiger partial charge in [-0.15, -0.1) is 0 Å². The number of carbonyl (C=O) groups is 2. The van der Waals surface area contributed by atoms with E-state index in [9.17, 15) is 9.59 Å².